The van der Waals surface area contributed by atoms with Crippen molar-refractivity contribution in [3.8, 4) is 0 Å². The number of halogens is 1. The maximum atomic E-state index is 6.12. The number of hydrogen-bond acceptors (Lipinski definition) is 3. The van der Waals surface area contributed by atoms with Crippen LogP contribution in [-0.4, -0.2) is 22.3 Å². The highest BCUT2D eigenvalue weighted by Crippen LogP contribution is 2.52. The zero-order valence-electron chi connectivity index (χ0n) is 12.1. The number of rotatable bonds is 3. The Kier molecular flexibility index (Phi) is 3.18. The van der Waals surface area contributed by atoms with Crippen LogP contribution in [0.1, 0.15) is 33.2 Å². The van der Waals surface area contributed by atoms with Gasteiger partial charge in [-0.3, -0.25) is 0 Å². The van der Waals surface area contributed by atoms with E-state index in [1.807, 2.05) is 25.1 Å². The van der Waals surface area contributed by atoms with E-state index >= 15 is 0 Å². The number of nitrogens with two attached hydrogens (primary N) is 1. The molecule has 2 aromatic rings. The number of imidazole rings is 1. The first-order chi connectivity index (χ1) is 9.45. The topological polar surface area (TPSA) is 53.1 Å². The molecular weight excluding hydrogens is 274 g/mol. The van der Waals surface area contributed by atoms with Gasteiger partial charge in [0.2, 0.25) is 5.95 Å². The van der Waals surface area contributed by atoms with Crippen LogP contribution < -0.4 is 5.73 Å². The Morgan fingerprint density at radius 1 is 1.50 bits per heavy atom. The number of benzene rings is 1. The van der Waals surface area contributed by atoms with E-state index in [4.69, 9.17) is 22.1 Å². The molecule has 1 heterocycles. The molecule has 0 aliphatic heterocycles. The average Bonchev–Trinajstić information content (AvgIpc) is 2.69. The van der Waals surface area contributed by atoms with Crippen molar-refractivity contribution in [3.05, 3.63) is 23.2 Å². The number of nitrogen functional groups attached to an aromatic ring is 1. The molecule has 2 unspecified atom stereocenters. The maximum Gasteiger partial charge on any atom is 0.201 e. The van der Waals surface area contributed by atoms with Gasteiger partial charge in [-0.2, -0.15) is 0 Å². The Labute approximate surface area is 123 Å². The van der Waals surface area contributed by atoms with Gasteiger partial charge in [-0.05, 0) is 31.5 Å². The van der Waals surface area contributed by atoms with Crippen LogP contribution in [0.3, 0.4) is 0 Å². The fraction of sp³-hybridized carbons (Fsp3) is 0.533. The number of nitrogens with zero attached hydrogens (tertiary/aromatic N) is 2. The molecule has 2 atom stereocenters. The van der Waals surface area contributed by atoms with Gasteiger partial charge in [0.05, 0.1) is 17.1 Å². The molecule has 0 bridgehead atoms. The molecule has 5 heteroatoms. The minimum atomic E-state index is 0.0530. The highest BCUT2D eigenvalue weighted by Gasteiger charge is 2.50. The SMILES string of the molecule is CCOC1CC(n2c(N)nc3cc(Cl)ccc32)C1(C)C. The van der Waals surface area contributed by atoms with E-state index in [0.29, 0.717) is 17.0 Å². The van der Waals surface area contributed by atoms with Gasteiger partial charge in [0, 0.05) is 23.1 Å². The first kappa shape index (κ1) is 13.7. The van der Waals surface area contributed by atoms with E-state index < -0.39 is 0 Å². The van der Waals surface area contributed by atoms with E-state index in [2.05, 4.69) is 23.4 Å². The Hall–Kier alpha value is -1.26. The van der Waals surface area contributed by atoms with Gasteiger partial charge in [-0.1, -0.05) is 25.4 Å². The molecule has 4 nitrogen and oxygen atoms in total. The molecule has 0 saturated heterocycles. The quantitative estimate of drug-likeness (QED) is 0.940. The largest absolute Gasteiger partial charge is 0.378 e. The molecule has 2 N–H and O–H groups in total. The molecule has 108 valence electrons. The smallest absolute Gasteiger partial charge is 0.201 e. The molecule has 1 saturated carbocycles. The van der Waals surface area contributed by atoms with Crippen molar-refractivity contribution >= 4 is 28.6 Å². The standard InChI is InChI=1S/C15H20ClN3O/c1-4-20-13-8-12(15(13,2)3)19-11-6-5-9(16)7-10(11)18-14(19)17/h5-7,12-13H,4,8H2,1-3H3,(H2,17,18). The summed E-state index contributed by atoms with van der Waals surface area (Å²) in [6.45, 7) is 7.23. The van der Waals surface area contributed by atoms with Crippen LogP contribution in [0.15, 0.2) is 18.2 Å². The van der Waals surface area contributed by atoms with Crippen LogP contribution in [0.4, 0.5) is 5.95 Å². The molecule has 3 rings (SSSR count). The molecule has 1 aliphatic rings. The molecule has 0 amide bonds. The van der Waals surface area contributed by atoms with Gasteiger partial charge in [0.1, 0.15) is 0 Å². The fourth-order valence-corrected chi connectivity index (χ4v) is 3.37. The normalized spacial score (nSPS) is 24.8. The van der Waals surface area contributed by atoms with E-state index in [0.717, 1.165) is 24.1 Å². The lowest BCUT2D eigenvalue weighted by Crippen LogP contribution is -2.51. The zero-order valence-corrected chi connectivity index (χ0v) is 12.8. The van der Waals surface area contributed by atoms with Gasteiger partial charge in [-0.25, -0.2) is 4.98 Å². The molecule has 1 aromatic heterocycles. The van der Waals surface area contributed by atoms with Crippen LogP contribution in [-0.2, 0) is 4.74 Å². The molecular formula is C15H20ClN3O. The van der Waals surface area contributed by atoms with Crippen LogP contribution in [0, 0.1) is 5.41 Å². The van der Waals surface area contributed by atoms with Crippen molar-refractivity contribution in [3.63, 3.8) is 0 Å². The summed E-state index contributed by atoms with van der Waals surface area (Å²) in [4.78, 5) is 4.43. The minimum absolute atomic E-state index is 0.0530. The fourth-order valence-electron chi connectivity index (χ4n) is 3.20. The second-order valence-corrected chi connectivity index (χ2v) is 6.43. The van der Waals surface area contributed by atoms with Gasteiger partial charge in [0.25, 0.3) is 0 Å². The summed E-state index contributed by atoms with van der Waals surface area (Å²) < 4.78 is 7.92. The maximum absolute atomic E-state index is 6.12. The lowest BCUT2D eigenvalue weighted by molar-refractivity contribution is -0.126. The van der Waals surface area contributed by atoms with E-state index in [1.54, 1.807) is 0 Å². The van der Waals surface area contributed by atoms with Crippen LogP contribution in [0.2, 0.25) is 5.02 Å². The molecule has 0 spiro atoms. The van der Waals surface area contributed by atoms with Gasteiger partial charge < -0.3 is 15.0 Å². The Balaban J connectivity index is 2.02. The Morgan fingerprint density at radius 3 is 2.90 bits per heavy atom. The lowest BCUT2D eigenvalue weighted by Gasteiger charge is -2.52. The summed E-state index contributed by atoms with van der Waals surface area (Å²) in [6, 6.07) is 6.04. The summed E-state index contributed by atoms with van der Waals surface area (Å²) in [5, 5.41) is 0.683. The van der Waals surface area contributed by atoms with Crippen molar-refractivity contribution in [2.75, 3.05) is 12.3 Å². The van der Waals surface area contributed by atoms with Gasteiger partial charge in [0.15, 0.2) is 0 Å². The second-order valence-electron chi connectivity index (χ2n) is 5.99. The predicted octanol–water partition coefficient (Wildman–Crippen LogP) is 3.65. The Morgan fingerprint density at radius 2 is 2.25 bits per heavy atom. The summed E-state index contributed by atoms with van der Waals surface area (Å²) in [5.74, 6) is 0.551. The van der Waals surface area contributed by atoms with Gasteiger partial charge >= 0.3 is 0 Å². The lowest BCUT2D eigenvalue weighted by atomic mass is 9.64. The molecule has 20 heavy (non-hydrogen) atoms. The molecule has 1 fully saturated rings. The zero-order chi connectivity index (χ0) is 14.5. The highest BCUT2D eigenvalue weighted by atomic mass is 35.5. The second kappa shape index (κ2) is 4.64. The van der Waals surface area contributed by atoms with Crippen molar-refractivity contribution in [2.24, 2.45) is 5.41 Å². The van der Waals surface area contributed by atoms with E-state index in [-0.39, 0.29) is 11.5 Å². The highest BCUT2D eigenvalue weighted by molar-refractivity contribution is 6.31. The molecule has 1 aromatic carbocycles. The minimum Gasteiger partial charge on any atom is -0.378 e. The first-order valence-corrected chi connectivity index (χ1v) is 7.37. The third-order valence-electron chi connectivity index (χ3n) is 4.48. The number of aromatic nitrogens is 2. The van der Waals surface area contributed by atoms with Crippen molar-refractivity contribution < 1.29 is 4.74 Å². The average molecular weight is 294 g/mol. The number of ether oxygens (including phenoxy) is 1. The predicted molar refractivity (Wildman–Crippen MR) is 82.0 cm³/mol. The number of fused-ring (bicyclic) bond motifs is 1. The van der Waals surface area contributed by atoms with E-state index in [9.17, 15) is 0 Å². The van der Waals surface area contributed by atoms with Crippen LogP contribution in [0.25, 0.3) is 11.0 Å². The summed E-state index contributed by atoms with van der Waals surface area (Å²) in [7, 11) is 0. The van der Waals surface area contributed by atoms with Crippen LogP contribution in [0.5, 0.6) is 0 Å². The first-order valence-electron chi connectivity index (χ1n) is 6.99. The van der Waals surface area contributed by atoms with Crippen molar-refractivity contribution in [2.45, 2.75) is 39.3 Å². The van der Waals surface area contributed by atoms with E-state index in [1.165, 1.54) is 0 Å². The van der Waals surface area contributed by atoms with Crippen molar-refractivity contribution in [1.82, 2.24) is 9.55 Å². The number of hydrogen-bond donors (Lipinski definition) is 1. The molecule has 0 radical (unpaired) electrons. The van der Waals surface area contributed by atoms with Gasteiger partial charge in [-0.15, -0.1) is 0 Å². The third-order valence-corrected chi connectivity index (χ3v) is 4.72. The summed E-state index contributed by atoms with van der Waals surface area (Å²) >= 11 is 6.02. The summed E-state index contributed by atoms with van der Waals surface area (Å²) in [5.41, 5.74) is 8.07. The van der Waals surface area contributed by atoms with Crippen LogP contribution >= 0.6 is 11.6 Å². The van der Waals surface area contributed by atoms with Crippen molar-refractivity contribution in [1.29, 1.82) is 0 Å². The summed E-state index contributed by atoms with van der Waals surface area (Å²) in [6.07, 6.45) is 1.25. The Bertz CT molecular complexity index is 650. The monoisotopic (exact) mass is 293 g/mol. The molecule has 1 aliphatic carbocycles. The third kappa shape index (κ3) is 1.90. The number of anilines is 1.